The predicted octanol–water partition coefficient (Wildman–Crippen LogP) is 2.55. The van der Waals surface area contributed by atoms with Crippen molar-refractivity contribution >= 4 is 29.1 Å². The molecular formula is C9H14N2OS2. The quantitative estimate of drug-likeness (QED) is 0.748. The van der Waals surface area contributed by atoms with Gasteiger partial charge in [-0.2, -0.15) is 4.37 Å². The van der Waals surface area contributed by atoms with Gasteiger partial charge in [0, 0.05) is 5.41 Å². The number of aromatic nitrogens is 2. The van der Waals surface area contributed by atoms with E-state index in [1.807, 2.05) is 27.7 Å². The van der Waals surface area contributed by atoms with E-state index in [1.165, 1.54) is 23.3 Å². The molecule has 0 atom stereocenters. The van der Waals surface area contributed by atoms with E-state index in [0.29, 0.717) is 5.75 Å². The van der Waals surface area contributed by atoms with Crippen LogP contribution in [0.2, 0.25) is 0 Å². The molecule has 5 heteroatoms. The number of ketones is 1. The van der Waals surface area contributed by atoms with Gasteiger partial charge in [-0.15, -0.1) is 0 Å². The van der Waals surface area contributed by atoms with Crippen LogP contribution in [0.4, 0.5) is 0 Å². The molecule has 1 aromatic rings. The van der Waals surface area contributed by atoms with Gasteiger partial charge >= 0.3 is 0 Å². The third kappa shape index (κ3) is 3.38. The predicted molar refractivity (Wildman–Crippen MR) is 59.8 cm³/mol. The monoisotopic (exact) mass is 230 g/mol. The second-order valence-corrected chi connectivity index (χ2v) is 6.04. The van der Waals surface area contributed by atoms with Gasteiger partial charge in [0.05, 0.1) is 5.75 Å². The van der Waals surface area contributed by atoms with Crippen molar-refractivity contribution in [1.29, 1.82) is 0 Å². The lowest BCUT2D eigenvalue weighted by Crippen LogP contribution is -2.21. The highest BCUT2D eigenvalue weighted by Gasteiger charge is 2.21. The maximum Gasteiger partial charge on any atom is 0.170 e. The molecule has 0 aliphatic carbocycles. The van der Waals surface area contributed by atoms with Crippen LogP contribution in [-0.2, 0) is 4.79 Å². The van der Waals surface area contributed by atoms with Gasteiger partial charge in [-0.25, -0.2) is 4.98 Å². The Bertz CT molecular complexity index is 328. The second kappa shape index (κ2) is 4.40. The minimum absolute atomic E-state index is 0.246. The summed E-state index contributed by atoms with van der Waals surface area (Å²) in [4.78, 5) is 15.8. The zero-order valence-electron chi connectivity index (χ0n) is 8.83. The Morgan fingerprint density at radius 2 is 2.14 bits per heavy atom. The Hall–Kier alpha value is -0.420. The SMILES string of the molecule is Cc1nsc(SCC(=O)C(C)(C)C)n1. The molecule has 0 aliphatic rings. The lowest BCUT2D eigenvalue weighted by molar-refractivity contribution is -0.123. The van der Waals surface area contributed by atoms with E-state index in [0.717, 1.165) is 10.2 Å². The van der Waals surface area contributed by atoms with Gasteiger partial charge in [0.15, 0.2) is 4.34 Å². The molecule has 0 bridgehead atoms. The molecule has 0 aliphatic heterocycles. The summed E-state index contributed by atoms with van der Waals surface area (Å²) in [7, 11) is 0. The van der Waals surface area contributed by atoms with Crippen molar-refractivity contribution < 1.29 is 4.79 Å². The fourth-order valence-electron chi connectivity index (χ4n) is 0.680. The van der Waals surface area contributed by atoms with Crippen LogP contribution in [0, 0.1) is 12.3 Å². The van der Waals surface area contributed by atoms with Crippen molar-refractivity contribution in [3.05, 3.63) is 5.82 Å². The maximum atomic E-state index is 11.6. The minimum atomic E-state index is -0.257. The van der Waals surface area contributed by atoms with Gasteiger partial charge in [-0.05, 0) is 18.5 Å². The topological polar surface area (TPSA) is 42.9 Å². The molecule has 0 fully saturated rings. The summed E-state index contributed by atoms with van der Waals surface area (Å²) < 4.78 is 4.93. The highest BCUT2D eigenvalue weighted by molar-refractivity contribution is 8.01. The number of aryl methyl sites for hydroxylation is 1. The first-order valence-electron chi connectivity index (χ1n) is 4.36. The number of hydrogen-bond acceptors (Lipinski definition) is 5. The van der Waals surface area contributed by atoms with E-state index in [1.54, 1.807) is 0 Å². The molecule has 3 nitrogen and oxygen atoms in total. The number of rotatable bonds is 3. The summed E-state index contributed by atoms with van der Waals surface area (Å²) in [5.41, 5.74) is -0.257. The largest absolute Gasteiger partial charge is 0.298 e. The van der Waals surface area contributed by atoms with E-state index < -0.39 is 0 Å². The van der Waals surface area contributed by atoms with Crippen LogP contribution in [0.3, 0.4) is 0 Å². The van der Waals surface area contributed by atoms with Crippen molar-refractivity contribution in [3.63, 3.8) is 0 Å². The summed E-state index contributed by atoms with van der Waals surface area (Å²) >= 11 is 2.82. The number of carbonyl (C=O) groups excluding carboxylic acids is 1. The smallest absolute Gasteiger partial charge is 0.170 e. The van der Waals surface area contributed by atoms with Gasteiger partial charge in [-0.1, -0.05) is 32.5 Å². The van der Waals surface area contributed by atoms with E-state index in [2.05, 4.69) is 9.36 Å². The molecule has 0 saturated heterocycles. The fraction of sp³-hybridized carbons (Fsp3) is 0.667. The van der Waals surface area contributed by atoms with Crippen molar-refractivity contribution in [2.75, 3.05) is 5.75 Å². The third-order valence-corrected chi connectivity index (χ3v) is 3.60. The van der Waals surface area contributed by atoms with E-state index in [-0.39, 0.29) is 11.2 Å². The lowest BCUT2D eigenvalue weighted by atomic mass is 9.92. The summed E-state index contributed by atoms with van der Waals surface area (Å²) in [5, 5.41) is 0. The number of carbonyl (C=O) groups is 1. The van der Waals surface area contributed by atoms with Gasteiger partial charge in [-0.3, -0.25) is 4.79 Å². The van der Waals surface area contributed by atoms with Crippen LogP contribution in [0.15, 0.2) is 4.34 Å². The van der Waals surface area contributed by atoms with Crippen LogP contribution in [-0.4, -0.2) is 20.9 Å². The molecular weight excluding hydrogens is 216 g/mol. The van der Waals surface area contributed by atoms with Gasteiger partial charge < -0.3 is 0 Å². The zero-order valence-corrected chi connectivity index (χ0v) is 10.5. The number of thioether (sulfide) groups is 1. The van der Waals surface area contributed by atoms with Gasteiger partial charge in [0.1, 0.15) is 11.6 Å². The van der Waals surface area contributed by atoms with Crippen molar-refractivity contribution in [3.8, 4) is 0 Å². The zero-order chi connectivity index (χ0) is 10.8. The molecule has 0 amide bonds. The van der Waals surface area contributed by atoms with Crippen LogP contribution >= 0.6 is 23.3 Å². The first-order chi connectivity index (χ1) is 6.39. The Morgan fingerprint density at radius 3 is 2.57 bits per heavy atom. The van der Waals surface area contributed by atoms with Crippen LogP contribution in [0.5, 0.6) is 0 Å². The molecule has 78 valence electrons. The van der Waals surface area contributed by atoms with Crippen LogP contribution in [0.1, 0.15) is 26.6 Å². The molecule has 0 saturated carbocycles. The molecule has 1 rings (SSSR count). The minimum Gasteiger partial charge on any atom is -0.298 e. The molecule has 0 spiro atoms. The first kappa shape index (κ1) is 11.7. The summed E-state index contributed by atoms with van der Waals surface area (Å²) in [6.45, 7) is 7.65. The standard InChI is InChI=1S/C9H14N2OS2/c1-6-10-8(14-11-6)13-5-7(12)9(2,3)4/h5H2,1-4H3. The lowest BCUT2D eigenvalue weighted by Gasteiger charge is -2.15. The van der Waals surface area contributed by atoms with Gasteiger partial charge in [0.2, 0.25) is 0 Å². The average molecular weight is 230 g/mol. The Labute approximate surface area is 92.5 Å². The molecule has 14 heavy (non-hydrogen) atoms. The molecule has 1 heterocycles. The Balaban J connectivity index is 2.46. The van der Waals surface area contributed by atoms with E-state index in [9.17, 15) is 4.79 Å². The van der Waals surface area contributed by atoms with Crippen molar-refractivity contribution in [1.82, 2.24) is 9.36 Å². The van der Waals surface area contributed by atoms with Gasteiger partial charge in [0.25, 0.3) is 0 Å². The molecule has 0 radical (unpaired) electrons. The normalized spacial score (nSPS) is 11.7. The highest BCUT2D eigenvalue weighted by Crippen LogP contribution is 2.24. The molecule has 0 N–H and O–H groups in total. The summed E-state index contributed by atoms with van der Waals surface area (Å²) in [6.07, 6.45) is 0. The molecule has 0 aromatic carbocycles. The Morgan fingerprint density at radius 1 is 1.50 bits per heavy atom. The number of nitrogens with zero attached hydrogens (tertiary/aromatic N) is 2. The van der Waals surface area contributed by atoms with Crippen molar-refractivity contribution in [2.45, 2.75) is 32.0 Å². The highest BCUT2D eigenvalue weighted by atomic mass is 32.2. The molecule has 1 aromatic heterocycles. The fourth-order valence-corrected chi connectivity index (χ4v) is 2.49. The van der Waals surface area contributed by atoms with Crippen LogP contribution in [0.25, 0.3) is 0 Å². The Kier molecular flexibility index (Phi) is 3.66. The summed E-state index contributed by atoms with van der Waals surface area (Å²) in [5.74, 6) is 1.51. The van der Waals surface area contributed by atoms with Crippen LogP contribution < -0.4 is 0 Å². The number of Topliss-reactive ketones (excluding diaryl/α,β-unsaturated/α-hetero) is 1. The van der Waals surface area contributed by atoms with E-state index in [4.69, 9.17) is 0 Å². The second-order valence-electron chi connectivity index (χ2n) is 4.07. The molecule has 0 unspecified atom stereocenters. The number of hydrogen-bond donors (Lipinski definition) is 0. The summed E-state index contributed by atoms with van der Waals surface area (Å²) in [6, 6.07) is 0. The van der Waals surface area contributed by atoms with E-state index >= 15 is 0 Å². The third-order valence-electron chi connectivity index (χ3n) is 1.67. The van der Waals surface area contributed by atoms with Crippen molar-refractivity contribution in [2.24, 2.45) is 5.41 Å². The first-order valence-corrected chi connectivity index (χ1v) is 6.12. The average Bonchev–Trinajstić information content (AvgIpc) is 2.45. The maximum absolute atomic E-state index is 11.6.